The Morgan fingerprint density at radius 2 is 1.59 bits per heavy atom. The van der Waals surface area contributed by atoms with Gasteiger partial charge in [0.2, 0.25) is 0 Å². The van der Waals surface area contributed by atoms with Crippen LogP contribution in [0.15, 0.2) is 71.9 Å². The molecular weight excluding hydrogens is 561 g/mol. The van der Waals surface area contributed by atoms with Crippen molar-refractivity contribution in [2.24, 2.45) is 10.6 Å². The zero-order valence-corrected chi connectivity index (χ0v) is 25.4. The van der Waals surface area contributed by atoms with E-state index in [-0.39, 0.29) is 11.4 Å². The number of carbonyl (C=O) groups is 1. The van der Waals surface area contributed by atoms with Crippen molar-refractivity contribution in [1.82, 2.24) is 9.80 Å². The molecule has 0 aromatic heterocycles. The van der Waals surface area contributed by atoms with Gasteiger partial charge in [0.15, 0.2) is 5.60 Å². The highest BCUT2D eigenvalue weighted by Gasteiger charge is 2.51. The zero-order valence-electron chi connectivity index (χ0n) is 25.4. The number of carboxylic acid groups (broad SMARTS) is 1. The van der Waals surface area contributed by atoms with Gasteiger partial charge in [0.25, 0.3) is 0 Å². The molecule has 2 fully saturated rings. The van der Waals surface area contributed by atoms with E-state index in [2.05, 4.69) is 15.0 Å². The summed E-state index contributed by atoms with van der Waals surface area (Å²) in [5.74, 6) is 1.35. The first-order chi connectivity index (χ1) is 21.3. The van der Waals surface area contributed by atoms with Crippen molar-refractivity contribution < 1.29 is 28.6 Å². The van der Waals surface area contributed by atoms with Gasteiger partial charge in [0, 0.05) is 32.7 Å². The minimum atomic E-state index is -0.754. The summed E-state index contributed by atoms with van der Waals surface area (Å²) in [5.41, 5.74) is 2.69. The van der Waals surface area contributed by atoms with Crippen LogP contribution in [0.1, 0.15) is 44.2 Å². The zero-order chi connectivity index (χ0) is 30.7. The van der Waals surface area contributed by atoms with E-state index < -0.39 is 11.4 Å². The van der Waals surface area contributed by atoms with Crippen LogP contribution in [0, 0.1) is 11.2 Å². The van der Waals surface area contributed by atoms with E-state index in [4.69, 9.17) is 14.3 Å². The van der Waals surface area contributed by atoms with E-state index in [1.165, 1.54) is 12.1 Å². The van der Waals surface area contributed by atoms with Crippen LogP contribution in [0.2, 0.25) is 0 Å². The van der Waals surface area contributed by atoms with Gasteiger partial charge in [0.05, 0.1) is 30.6 Å². The van der Waals surface area contributed by atoms with Gasteiger partial charge >= 0.3 is 5.97 Å². The van der Waals surface area contributed by atoms with Gasteiger partial charge in [-0.25, -0.2) is 4.39 Å². The van der Waals surface area contributed by atoms with Crippen molar-refractivity contribution in [3.8, 4) is 22.6 Å². The van der Waals surface area contributed by atoms with Crippen LogP contribution in [-0.4, -0.2) is 71.7 Å². The molecule has 0 saturated carbocycles. The van der Waals surface area contributed by atoms with Crippen molar-refractivity contribution in [2.75, 3.05) is 39.4 Å². The number of halogens is 1. The Bertz CT molecular complexity index is 1470. The minimum Gasteiger partial charge on any atom is -0.493 e. The lowest BCUT2D eigenvalue weighted by Crippen LogP contribution is -2.61. The average molecular weight is 602 g/mol. The molecule has 3 aromatic rings. The van der Waals surface area contributed by atoms with Crippen molar-refractivity contribution in [3.63, 3.8) is 0 Å². The van der Waals surface area contributed by atoms with Crippen LogP contribution in [0.3, 0.4) is 0 Å². The summed E-state index contributed by atoms with van der Waals surface area (Å²) in [7, 11) is 0. The third kappa shape index (κ3) is 6.11. The third-order valence-corrected chi connectivity index (χ3v) is 9.04. The predicted octanol–water partition coefficient (Wildman–Crippen LogP) is 5.99. The maximum Gasteiger partial charge on any atom is 0.310 e. The van der Waals surface area contributed by atoms with Gasteiger partial charge in [-0.2, -0.15) is 0 Å². The molecule has 8 nitrogen and oxygen atoms in total. The molecule has 0 bridgehead atoms. The van der Waals surface area contributed by atoms with E-state index in [1.807, 2.05) is 56.3 Å². The number of ether oxygens (including phenoxy) is 2. The van der Waals surface area contributed by atoms with Crippen LogP contribution >= 0.6 is 0 Å². The summed E-state index contributed by atoms with van der Waals surface area (Å²) in [6, 6.07) is 20.4. The number of oxime groups is 1. The Morgan fingerprint density at radius 1 is 0.955 bits per heavy atom. The molecule has 232 valence electrons. The maximum atomic E-state index is 13.6. The largest absolute Gasteiger partial charge is 0.493 e. The number of likely N-dealkylation sites (tertiary alicyclic amines) is 2. The maximum absolute atomic E-state index is 13.6. The van der Waals surface area contributed by atoms with E-state index >= 15 is 0 Å². The molecule has 1 N–H and O–H groups in total. The molecule has 1 spiro atoms. The van der Waals surface area contributed by atoms with Crippen molar-refractivity contribution in [3.05, 3.63) is 83.7 Å². The first-order valence-corrected chi connectivity index (χ1v) is 15.5. The van der Waals surface area contributed by atoms with E-state index in [1.54, 1.807) is 12.1 Å². The van der Waals surface area contributed by atoms with Gasteiger partial charge in [-0.1, -0.05) is 47.6 Å². The highest BCUT2D eigenvalue weighted by atomic mass is 19.1. The summed E-state index contributed by atoms with van der Waals surface area (Å²) >= 11 is 0. The SMILES string of the molecule is CCOc1cc(CN2CC3(CC(N4CCC(Cc5ccccc5)(C(=O)O)CC4)=NO3)C2)cc(OCC)c1-c1ccc(F)cc1. The Balaban J connectivity index is 1.08. The number of aliphatic carboxylic acids is 1. The number of piperidine rings is 1. The molecule has 0 amide bonds. The number of nitrogens with zero attached hydrogens (tertiary/aromatic N) is 3. The molecule has 6 rings (SSSR count). The van der Waals surface area contributed by atoms with Crippen LogP contribution in [0.25, 0.3) is 11.1 Å². The van der Waals surface area contributed by atoms with Gasteiger partial charge in [-0.3, -0.25) is 9.69 Å². The first kappa shape index (κ1) is 29.9. The molecule has 3 heterocycles. The number of amidine groups is 1. The fourth-order valence-electron chi connectivity index (χ4n) is 6.80. The van der Waals surface area contributed by atoms with Gasteiger partial charge in [-0.15, -0.1) is 0 Å². The summed E-state index contributed by atoms with van der Waals surface area (Å²) in [6.07, 6.45) is 2.42. The lowest BCUT2D eigenvalue weighted by Gasteiger charge is -2.46. The predicted molar refractivity (Wildman–Crippen MR) is 166 cm³/mol. The van der Waals surface area contributed by atoms with Gasteiger partial charge in [0.1, 0.15) is 23.2 Å². The second kappa shape index (κ2) is 12.5. The number of hydrogen-bond acceptors (Lipinski definition) is 7. The van der Waals surface area contributed by atoms with Crippen LogP contribution < -0.4 is 9.47 Å². The molecule has 0 unspecified atom stereocenters. The van der Waals surface area contributed by atoms with Crippen LogP contribution in [-0.2, 0) is 22.6 Å². The van der Waals surface area contributed by atoms with Crippen molar-refractivity contribution >= 4 is 11.8 Å². The molecule has 3 aromatic carbocycles. The molecule has 2 saturated heterocycles. The molecular formula is C35H40FN3O5. The first-order valence-electron chi connectivity index (χ1n) is 15.5. The van der Waals surface area contributed by atoms with Gasteiger partial charge < -0.3 is 24.3 Å². The summed E-state index contributed by atoms with van der Waals surface area (Å²) in [4.78, 5) is 22.9. The fraction of sp³-hybridized carbons (Fsp3) is 0.429. The third-order valence-electron chi connectivity index (χ3n) is 9.04. The number of benzene rings is 3. The van der Waals surface area contributed by atoms with Crippen LogP contribution in [0.5, 0.6) is 11.5 Å². The quantitative estimate of drug-likeness (QED) is 0.306. The Kier molecular flexibility index (Phi) is 8.49. The van der Waals surface area contributed by atoms with Crippen molar-refractivity contribution in [2.45, 2.75) is 51.7 Å². The monoisotopic (exact) mass is 601 g/mol. The average Bonchev–Trinajstić information content (AvgIpc) is 3.44. The molecule has 9 heteroatoms. The molecule has 44 heavy (non-hydrogen) atoms. The molecule has 3 aliphatic rings. The van der Waals surface area contributed by atoms with E-state index in [0.717, 1.165) is 47.6 Å². The van der Waals surface area contributed by atoms with E-state index in [9.17, 15) is 14.3 Å². The summed E-state index contributed by atoms with van der Waals surface area (Å²) in [6.45, 7) is 8.40. The second-order valence-electron chi connectivity index (χ2n) is 12.2. The lowest BCUT2D eigenvalue weighted by atomic mass is 9.73. The lowest BCUT2D eigenvalue weighted by molar-refractivity contribution is -0.151. The highest BCUT2D eigenvalue weighted by Crippen LogP contribution is 2.43. The standard InChI is InChI=1S/C35H40FN3O5/c1-3-42-29-18-26(19-30(43-4-2)32(29)27-10-12-28(36)13-11-27)22-38-23-35(24-38)21-31(37-44-35)39-16-14-34(15-17-39,33(40)41)20-25-8-6-5-7-9-25/h5-13,18-19H,3-4,14-17,20-24H2,1-2H3,(H,40,41). The number of carboxylic acids is 1. The van der Waals surface area contributed by atoms with Crippen LogP contribution in [0.4, 0.5) is 4.39 Å². The Hall–Kier alpha value is -4.11. The van der Waals surface area contributed by atoms with Crippen molar-refractivity contribution in [1.29, 1.82) is 0 Å². The number of hydrogen-bond donors (Lipinski definition) is 1. The summed E-state index contributed by atoms with van der Waals surface area (Å²) in [5, 5.41) is 14.6. The smallest absolute Gasteiger partial charge is 0.310 e. The molecule has 0 aliphatic carbocycles. The topological polar surface area (TPSA) is 83.8 Å². The van der Waals surface area contributed by atoms with Gasteiger partial charge in [-0.05, 0) is 74.1 Å². The minimum absolute atomic E-state index is 0.286. The second-order valence-corrected chi connectivity index (χ2v) is 12.2. The number of rotatable bonds is 10. The molecule has 0 atom stereocenters. The summed E-state index contributed by atoms with van der Waals surface area (Å²) < 4.78 is 25.7. The Morgan fingerprint density at radius 3 is 2.18 bits per heavy atom. The molecule has 3 aliphatic heterocycles. The van der Waals surface area contributed by atoms with E-state index in [0.29, 0.717) is 63.6 Å². The normalized spacial score (nSPS) is 18.8. The fourth-order valence-corrected chi connectivity index (χ4v) is 6.80. The highest BCUT2D eigenvalue weighted by molar-refractivity contribution is 5.85. The Labute approximate surface area is 258 Å². The molecule has 0 radical (unpaired) electrons.